The number of esters is 1. The van der Waals surface area contributed by atoms with Crippen LogP contribution in [0.15, 0.2) is 55.6 Å². The molecule has 2 unspecified atom stereocenters. The van der Waals surface area contributed by atoms with E-state index in [2.05, 4.69) is 13.2 Å². The summed E-state index contributed by atoms with van der Waals surface area (Å²) in [6.07, 6.45) is 8.72. The fourth-order valence-corrected chi connectivity index (χ4v) is 7.01. The second kappa shape index (κ2) is 13.1. The molecular formula is C32H44N2O6. The lowest BCUT2D eigenvalue weighted by atomic mass is 9.65. The number of nitrogens with zero attached hydrogens (tertiary/aromatic N) is 2. The third kappa shape index (κ3) is 5.48. The molecule has 5 atom stereocenters. The Hall–Kier alpha value is -2.97. The number of ether oxygens (including phenoxy) is 2. The van der Waals surface area contributed by atoms with E-state index in [1.54, 1.807) is 15.9 Å². The van der Waals surface area contributed by atoms with Gasteiger partial charge in [-0.05, 0) is 56.9 Å². The van der Waals surface area contributed by atoms with Crippen molar-refractivity contribution in [3.05, 3.63) is 61.2 Å². The zero-order chi connectivity index (χ0) is 28.8. The first-order chi connectivity index (χ1) is 19.4. The van der Waals surface area contributed by atoms with Crippen molar-refractivity contribution >= 4 is 17.8 Å². The van der Waals surface area contributed by atoms with Crippen molar-refractivity contribution in [2.75, 3.05) is 26.3 Å². The van der Waals surface area contributed by atoms with Gasteiger partial charge in [0.2, 0.25) is 11.8 Å². The molecule has 2 bridgehead atoms. The van der Waals surface area contributed by atoms with E-state index in [0.29, 0.717) is 51.7 Å². The van der Waals surface area contributed by atoms with Gasteiger partial charge >= 0.3 is 5.97 Å². The van der Waals surface area contributed by atoms with Crippen LogP contribution in [0.1, 0.15) is 63.9 Å². The zero-order valence-electron chi connectivity index (χ0n) is 23.8. The summed E-state index contributed by atoms with van der Waals surface area (Å²) in [5.41, 5.74) is -0.939. The van der Waals surface area contributed by atoms with E-state index in [4.69, 9.17) is 9.47 Å². The number of carbonyl (C=O) groups excluding carboxylic acids is 3. The average molecular weight is 553 g/mol. The number of unbranched alkanes of at least 4 members (excludes halogenated alkanes) is 3. The van der Waals surface area contributed by atoms with Crippen LogP contribution in [0.25, 0.3) is 0 Å². The lowest BCUT2D eigenvalue weighted by molar-refractivity contribution is -0.162. The number of allylic oxidation sites excluding steroid dienone is 1. The number of fused-ring (bicyclic) bond motifs is 1. The molecule has 3 aliphatic heterocycles. The molecule has 1 N–H and O–H groups in total. The first kappa shape index (κ1) is 30.0. The maximum atomic E-state index is 14.4. The predicted molar refractivity (Wildman–Crippen MR) is 152 cm³/mol. The number of hydrogen-bond donors (Lipinski definition) is 1. The first-order valence-corrected chi connectivity index (χ1v) is 14.7. The zero-order valence-corrected chi connectivity index (χ0v) is 23.8. The van der Waals surface area contributed by atoms with Gasteiger partial charge in [0.15, 0.2) is 0 Å². The van der Waals surface area contributed by atoms with Crippen LogP contribution in [0.2, 0.25) is 0 Å². The van der Waals surface area contributed by atoms with Crippen molar-refractivity contribution in [2.45, 2.75) is 82.1 Å². The van der Waals surface area contributed by atoms with Gasteiger partial charge in [0.05, 0.1) is 18.1 Å². The van der Waals surface area contributed by atoms with E-state index in [9.17, 15) is 19.5 Å². The maximum Gasteiger partial charge on any atom is 0.312 e. The molecule has 2 amide bonds. The van der Waals surface area contributed by atoms with Gasteiger partial charge in [-0.1, -0.05) is 49.4 Å². The van der Waals surface area contributed by atoms with Gasteiger partial charge < -0.3 is 24.4 Å². The van der Waals surface area contributed by atoms with Gasteiger partial charge in [-0.25, -0.2) is 0 Å². The van der Waals surface area contributed by atoms with E-state index in [1.807, 2.05) is 43.3 Å². The monoisotopic (exact) mass is 552 g/mol. The second-order valence-corrected chi connectivity index (χ2v) is 11.2. The quantitative estimate of drug-likeness (QED) is 0.189. The van der Waals surface area contributed by atoms with Crippen LogP contribution in [0.5, 0.6) is 0 Å². The van der Waals surface area contributed by atoms with Crippen molar-refractivity contribution in [3.8, 4) is 0 Å². The summed E-state index contributed by atoms with van der Waals surface area (Å²) < 4.78 is 12.6. The summed E-state index contributed by atoms with van der Waals surface area (Å²) in [6, 6.07) is 8.87. The summed E-state index contributed by atoms with van der Waals surface area (Å²) in [6.45, 7) is 10.9. The van der Waals surface area contributed by atoms with Crippen molar-refractivity contribution in [3.63, 3.8) is 0 Å². The normalized spacial score (nSPS) is 28.4. The minimum absolute atomic E-state index is 0.00205. The van der Waals surface area contributed by atoms with Crippen LogP contribution < -0.4 is 0 Å². The molecule has 0 aliphatic carbocycles. The fraction of sp³-hybridized carbons (Fsp3) is 0.594. The number of aliphatic hydroxyl groups excluding tert-OH is 1. The van der Waals surface area contributed by atoms with Gasteiger partial charge in [-0.15, -0.1) is 13.2 Å². The Morgan fingerprint density at radius 3 is 2.60 bits per heavy atom. The average Bonchev–Trinajstić information content (AvgIpc) is 3.56. The molecule has 8 nitrogen and oxygen atoms in total. The molecular weight excluding hydrogens is 508 g/mol. The van der Waals surface area contributed by atoms with Gasteiger partial charge in [0.25, 0.3) is 0 Å². The molecule has 0 radical (unpaired) electrons. The standard InChI is InChI=1S/C32H44N2O6/c1-4-7-8-14-22-39-30(38)26-25-28(36)34(20-12-13-21-35)27(32(25)18-17-31(26,6-3)40-32)29(37)33(19-5-2)23-24-15-10-9-11-16-24/h4-5,9-11,15-16,25-27,35H,1-2,6-8,12-14,17-23H2,3H3/t25-,26+,27?,31-,32?/m0/s1. The molecule has 8 heteroatoms. The van der Waals surface area contributed by atoms with Crippen LogP contribution >= 0.6 is 0 Å². The predicted octanol–water partition coefficient (Wildman–Crippen LogP) is 4.03. The Balaban J connectivity index is 1.67. The second-order valence-electron chi connectivity index (χ2n) is 11.2. The molecule has 0 aromatic heterocycles. The Labute approximate surface area is 238 Å². The van der Waals surface area contributed by atoms with Crippen LogP contribution in [0.4, 0.5) is 0 Å². The topological polar surface area (TPSA) is 96.4 Å². The number of hydrogen-bond acceptors (Lipinski definition) is 6. The lowest BCUT2D eigenvalue weighted by Gasteiger charge is -2.37. The number of amides is 2. The van der Waals surface area contributed by atoms with Crippen LogP contribution in [-0.4, -0.2) is 76.2 Å². The van der Waals surface area contributed by atoms with Crippen LogP contribution in [-0.2, 0) is 30.4 Å². The molecule has 218 valence electrons. The number of benzene rings is 1. The van der Waals surface area contributed by atoms with Crippen LogP contribution in [0, 0.1) is 11.8 Å². The fourth-order valence-electron chi connectivity index (χ4n) is 7.01. The van der Waals surface area contributed by atoms with Crippen molar-refractivity contribution in [1.29, 1.82) is 0 Å². The minimum Gasteiger partial charge on any atom is -0.465 e. The summed E-state index contributed by atoms with van der Waals surface area (Å²) in [5, 5.41) is 9.40. The molecule has 40 heavy (non-hydrogen) atoms. The summed E-state index contributed by atoms with van der Waals surface area (Å²) >= 11 is 0. The SMILES string of the molecule is C=CCCCCOC(=O)[C@H]1[C@H]2C(=O)N(CCCCO)C(C(=O)N(CC=C)Cc3ccccc3)C23CC[C@]1(CC)O3. The highest BCUT2D eigenvalue weighted by atomic mass is 16.6. The van der Waals surface area contributed by atoms with Gasteiger partial charge in [-0.2, -0.15) is 0 Å². The largest absolute Gasteiger partial charge is 0.465 e. The molecule has 3 aliphatic rings. The Morgan fingerprint density at radius 1 is 1.15 bits per heavy atom. The summed E-state index contributed by atoms with van der Waals surface area (Å²) in [5.74, 6) is -2.35. The van der Waals surface area contributed by atoms with E-state index < -0.39 is 35.0 Å². The number of aliphatic hydroxyl groups is 1. The Bertz CT molecular complexity index is 1080. The lowest BCUT2D eigenvalue weighted by Crippen LogP contribution is -2.56. The Morgan fingerprint density at radius 2 is 1.93 bits per heavy atom. The van der Waals surface area contributed by atoms with Gasteiger partial charge in [-0.3, -0.25) is 14.4 Å². The molecule has 4 rings (SSSR count). The van der Waals surface area contributed by atoms with E-state index in [-0.39, 0.29) is 25.0 Å². The number of carbonyl (C=O) groups is 3. The highest BCUT2D eigenvalue weighted by Gasteiger charge is 2.79. The summed E-state index contributed by atoms with van der Waals surface area (Å²) in [7, 11) is 0. The van der Waals surface area contributed by atoms with Crippen molar-refractivity contribution in [1.82, 2.24) is 9.80 Å². The smallest absolute Gasteiger partial charge is 0.312 e. The van der Waals surface area contributed by atoms with Crippen molar-refractivity contribution in [2.24, 2.45) is 11.8 Å². The number of likely N-dealkylation sites (tertiary alicyclic amines) is 1. The highest BCUT2D eigenvalue weighted by Crippen LogP contribution is 2.64. The molecule has 1 aromatic carbocycles. The van der Waals surface area contributed by atoms with E-state index in [0.717, 1.165) is 24.8 Å². The first-order valence-electron chi connectivity index (χ1n) is 14.7. The van der Waals surface area contributed by atoms with Gasteiger partial charge in [0.1, 0.15) is 17.6 Å². The third-order valence-corrected chi connectivity index (χ3v) is 8.90. The highest BCUT2D eigenvalue weighted by molar-refractivity contribution is 5.98. The van der Waals surface area contributed by atoms with E-state index in [1.165, 1.54) is 0 Å². The van der Waals surface area contributed by atoms with E-state index >= 15 is 0 Å². The van der Waals surface area contributed by atoms with Crippen LogP contribution in [0.3, 0.4) is 0 Å². The minimum atomic E-state index is -1.09. The molecule has 1 aromatic rings. The van der Waals surface area contributed by atoms with Crippen molar-refractivity contribution < 1.29 is 29.0 Å². The van der Waals surface area contributed by atoms with Gasteiger partial charge in [0, 0.05) is 26.2 Å². The molecule has 3 heterocycles. The molecule has 0 saturated carbocycles. The Kier molecular flexibility index (Phi) is 9.85. The maximum absolute atomic E-state index is 14.4. The molecule has 3 saturated heterocycles. The molecule has 1 spiro atoms. The molecule has 3 fully saturated rings. The summed E-state index contributed by atoms with van der Waals surface area (Å²) in [4.78, 5) is 45.6. The number of rotatable bonds is 16. The third-order valence-electron chi connectivity index (χ3n) is 8.90.